The van der Waals surface area contributed by atoms with Crippen molar-refractivity contribution in [3.05, 3.63) is 84.4 Å². The quantitative estimate of drug-likeness (QED) is 0.238. The molecule has 0 bridgehead atoms. The second-order valence-corrected chi connectivity index (χ2v) is 7.57. The van der Waals surface area contributed by atoms with E-state index < -0.39 is 12.1 Å². The van der Waals surface area contributed by atoms with Crippen LogP contribution in [0.1, 0.15) is 12.5 Å². The van der Waals surface area contributed by atoms with E-state index in [0.29, 0.717) is 17.9 Å². The van der Waals surface area contributed by atoms with Crippen molar-refractivity contribution >= 4 is 22.8 Å². The Morgan fingerprint density at radius 2 is 1.74 bits per heavy atom. The number of hydrogen-bond donors (Lipinski definition) is 1. The predicted octanol–water partition coefficient (Wildman–Crippen LogP) is 4.69. The lowest BCUT2D eigenvalue weighted by molar-refractivity contribution is -0.140. The molecule has 0 aliphatic heterocycles. The third-order valence-corrected chi connectivity index (χ3v) is 4.84. The van der Waals surface area contributed by atoms with Crippen molar-refractivity contribution in [3.63, 3.8) is 0 Å². The fourth-order valence-corrected chi connectivity index (χ4v) is 3.13. The molecule has 0 spiro atoms. The van der Waals surface area contributed by atoms with Crippen LogP contribution in [0.15, 0.2) is 78.9 Å². The Bertz CT molecular complexity index is 1110. The van der Waals surface area contributed by atoms with Crippen molar-refractivity contribution in [3.8, 4) is 11.5 Å². The Hall–Kier alpha value is -3.84. The summed E-state index contributed by atoms with van der Waals surface area (Å²) in [4.78, 5) is 23.3. The number of nitrogens with one attached hydrogen (secondary N) is 1. The molecule has 0 atom stereocenters. The van der Waals surface area contributed by atoms with E-state index in [-0.39, 0.29) is 26.4 Å². The Morgan fingerprint density at radius 1 is 0.912 bits per heavy atom. The summed E-state index contributed by atoms with van der Waals surface area (Å²) in [5.74, 6) is 0.765. The van der Waals surface area contributed by atoms with Gasteiger partial charge in [-0.2, -0.15) is 0 Å². The van der Waals surface area contributed by atoms with Gasteiger partial charge in [0.25, 0.3) is 0 Å². The van der Waals surface area contributed by atoms with Gasteiger partial charge in [0.15, 0.2) is 0 Å². The molecule has 34 heavy (non-hydrogen) atoms. The number of esters is 1. The van der Waals surface area contributed by atoms with Crippen LogP contribution >= 0.6 is 0 Å². The highest BCUT2D eigenvalue weighted by molar-refractivity contribution is 5.90. The zero-order chi connectivity index (χ0) is 24.2. The first-order valence-electron chi connectivity index (χ1n) is 11.1. The molecule has 3 aromatic rings. The first-order valence-corrected chi connectivity index (χ1v) is 11.1. The van der Waals surface area contributed by atoms with Gasteiger partial charge in [0.05, 0.1) is 19.8 Å². The second-order valence-electron chi connectivity index (χ2n) is 7.57. The van der Waals surface area contributed by atoms with E-state index in [1.807, 2.05) is 42.5 Å². The predicted molar refractivity (Wildman–Crippen MR) is 130 cm³/mol. The van der Waals surface area contributed by atoms with E-state index in [1.54, 1.807) is 19.1 Å². The lowest BCUT2D eigenvalue weighted by Crippen LogP contribution is -2.30. The molecule has 0 aliphatic carbocycles. The maximum absolute atomic E-state index is 12.1. The lowest BCUT2D eigenvalue weighted by atomic mass is 10.1. The highest BCUT2D eigenvalue weighted by atomic mass is 16.6. The molecular formula is C27H29NO6. The molecule has 0 heterocycles. The van der Waals surface area contributed by atoms with Crippen molar-refractivity contribution < 1.29 is 28.5 Å². The van der Waals surface area contributed by atoms with Gasteiger partial charge in [0.2, 0.25) is 0 Å². The van der Waals surface area contributed by atoms with Crippen LogP contribution in [0.5, 0.6) is 11.5 Å². The van der Waals surface area contributed by atoms with Gasteiger partial charge in [-0.25, -0.2) is 9.59 Å². The normalized spacial score (nSPS) is 10.5. The van der Waals surface area contributed by atoms with E-state index in [9.17, 15) is 9.59 Å². The van der Waals surface area contributed by atoms with Gasteiger partial charge >= 0.3 is 12.1 Å². The molecule has 0 saturated heterocycles. The summed E-state index contributed by atoms with van der Waals surface area (Å²) >= 11 is 0. The van der Waals surface area contributed by atoms with Crippen molar-refractivity contribution in [1.29, 1.82) is 0 Å². The molecule has 7 heteroatoms. The zero-order valence-corrected chi connectivity index (χ0v) is 19.3. The van der Waals surface area contributed by atoms with Gasteiger partial charge in [0, 0.05) is 23.9 Å². The summed E-state index contributed by atoms with van der Waals surface area (Å²) in [7, 11) is 0. The maximum atomic E-state index is 12.1. The van der Waals surface area contributed by atoms with Gasteiger partial charge in [-0.1, -0.05) is 49.0 Å². The summed E-state index contributed by atoms with van der Waals surface area (Å²) in [6.07, 6.45) is 0.244. The Morgan fingerprint density at radius 3 is 2.53 bits per heavy atom. The maximum Gasteiger partial charge on any atom is 0.412 e. The van der Waals surface area contributed by atoms with Crippen LogP contribution in [-0.4, -0.2) is 45.0 Å². The molecule has 0 fully saturated rings. The van der Waals surface area contributed by atoms with Gasteiger partial charge in [-0.15, -0.1) is 0 Å². The minimum atomic E-state index is -0.577. The van der Waals surface area contributed by atoms with Gasteiger partial charge in [0.1, 0.15) is 18.1 Å². The van der Waals surface area contributed by atoms with E-state index in [1.165, 1.54) is 5.56 Å². The molecule has 1 amide bonds. The van der Waals surface area contributed by atoms with Gasteiger partial charge in [-0.3, -0.25) is 0 Å². The molecule has 0 radical (unpaired) electrons. The standard InChI is InChI=1S/C27H29NO6/c1-20(2)26(29)33-18-17-31-16-14-28-27(30)34-23-11-12-24-22(19-23)9-6-10-25(24)32-15-13-21-7-4-3-5-8-21/h3-12,19H,1,13-18H2,2H3,(H,28,30). The Labute approximate surface area is 199 Å². The number of hydrogen-bond acceptors (Lipinski definition) is 6. The number of ether oxygens (including phenoxy) is 4. The summed E-state index contributed by atoms with van der Waals surface area (Å²) in [5.41, 5.74) is 1.56. The SMILES string of the molecule is C=C(C)C(=O)OCCOCCNC(=O)Oc1ccc2c(OCCc3ccccc3)cccc2c1. The molecule has 3 rings (SSSR count). The van der Waals surface area contributed by atoms with E-state index in [2.05, 4.69) is 24.0 Å². The van der Waals surface area contributed by atoms with Crippen LogP contribution in [0, 0.1) is 0 Å². The fraction of sp³-hybridized carbons (Fsp3) is 0.259. The lowest BCUT2D eigenvalue weighted by Gasteiger charge is -2.11. The van der Waals surface area contributed by atoms with Crippen LogP contribution in [-0.2, 0) is 20.7 Å². The minimum absolute atomic E-state index is 0.130. The monoisotopic (exact) mass is 463 g/mol. The Balaban J connectivity index is 1.41. The third kappa shape index (κ3) is 7.94. The smallest absolute Gasteiger partial charge is 0.412 e. The number of rotatable bonds is 12. The van der Waals surface area contributed by atoms with Crippen LogP contribution in [0.4, 0.5) is 4.79 Å². The van der Waals surface area contributed by atoms with Gasteiger partial charge < -0.3 is 24.3 Å². The zero-order valence-electron chi connectivity index (χ0n) is 19.3. The van der Waals surface area contributed by atoms with E-state index >= 15 is 0 Å². The summed E-state index contributed by atoms with van der Waals surface area (Å²) in [6.45, 7) is 6.54. The summed E-state index contributed by atoms with van der Waals surface area (Å²) < 4.78 is 21.6. The molecule has 7 nitrogen and oxygen atoms in total. The first-order chi connectivity index (χ1) is 16.5. The number of fused-ring (bicyclic) bond motifs is 1. The van der Waals surface area contributed by atoms with E-state index in [0.717, 1.165) is 22.9 Å². The first kappa shape index (κ1) is 24.8. The number of amides is 1. The molecule has 1 N–H and O–H groups in total. The van der Waals surface area contributed by atoms with E-state index in [4.69, 9.17) is 18.9 Å². The molecule has 0 aliphatic rings. The Kier molecular flexibility index (Phi) is 9.49. The topological polar surface area (TPSA) is 83.1 Å². The average Bonchev–Trinajstić information content (AvgIpc) is 2.84. The second kappa shape index (κ2) is 13.0. The van der Waals surface area contributed by atoms with Crippen molar-refractivity contribution in [1.82, 2.24) is 5.32 Å². The largest absolute Gasteiger partial charge is 0.493 e. The van der Waals surface area contributed by atoms with Crippen molar-refractivity contribution in [2.45, 2.75) is 13.3 Å². The third-order valence-electron chi connectivity index (χ3n) is 4.84. The van der Waals surface area contributed by atoms with Crippen LogP contribution < -0.4 is 14.8 Å². The molecule has 178 valence electrons. The average molecular weight is 464 g/mol. The molecule has 0 saturated carbocycles. The van der Waals surface area contributed by atoms with Crippen LogP contribution in [0.3, 0.4) is 0 Å². The number of carbonyl (C=O) groups excluding carboxylic acids is 2. The van der Waals surface area contributed by atoms with Crippen molar-refractivity contribution in [2.24, 2.45) is 0 Å². The van der Waals surface area contributed by atoms with Gasteiger partial charge in [-0.05, 0) is 42.1 Å². The molecular weight excluding hydrogens is 434 g/mol. The minimum Gasteiger partial charge on any atom is -0.493 e. The number of carbonyl (C=O) groups is 2. The number of benzene rings is 3. The van der Waals surface area contributed by atoms with Crippen LogP contribution in [0.2, 0.25) is 0 Å². The highest BCUT2D eigenvalue weighted by Gasteiger charge is 2.08. The molecule has 0 aromatic heterocycles. The van der Waals surface area contributed by atoms with Crippen LogP contribution in [0.25, 0.3) is 10.8 Å². The summed E-state index contributed by atoms with van der Waals surface area (Å²) in [5, 5.41) is 4.48. The molecule has 3 aromatic carbocycles. The summed E-state index contributed by atoms with van der Waals surface area (Å²) in [6, 6.07) is 21.4. The fourth-order valence-electron chi connectivity index (χ4n) is 3.13. The van der Waals surface area contributed by atoms with Crippen molar-refractivity contribution in [2.75, 3.05) is 33.0 Å². The highest BCUT2D eigenvalue weighted by Crippen LogP contribution is 2.29. The molecule has 0 unspecified atom stereocenters.